The van der Waals surface area contributed by atoms with Gasteiger partial charge in [0.1, 0.15) is 0 Å². The molecule has 0 aromatic heterocycles. The lowest BCUT2D eigenvalue weighted by Gasteiger charge is -2.09. The average molecular weight is 251 g/mol. The minimum atomic E-state index is 0. The first-order chi connectivity index (χ1) is 8.49. The van der Waals surface area contributed by atoms with Crippen LogP contribution in [-0.2, 0) is 11.2 Å². The predicted molar refractivity (Wildman–Crippen MR) is 81.9 cm³/mol. The molecule has 0 aliphatic rings. The zero-order valence-electron chi connectivity index (χ0n) is 12.6. The molecule has 0 spiro atoms. The van der Waals surface area contributed by atoms with E-state index in [1.54, 1.807) is 0 Å². The summed E-state index contributed by atoms with van der Waals surface area (Å²) in [7, 11) is 0. The Labute approximate surface area is 113 Å². The molecule has 104 valence electrons. The van der Waals surface area contributed by atoms with Crippen molar-refractivity contribution in [1.82, 2.24) is 0 Å². The summed E-state index contributed by atoms with van der Waals surface area (Å²) in [6.45, 7) is 12.2. The molecule has 0 aliphatic carbocycles. The van der Waals surface area contributed by atoms with Crippen LogP contribution in [0.2, 0.25) is 0 Å². The molecule has 1 rings (SSSR count). The van der Waals surface area contributed by atoms with Crippen LogP contribution in [0.15, 0.2) is 24.3 Å². The number of benzene rings is 1. The normalized spacial score (nSPS) is 10.0. The summed E-state index contributed by atoms with van der Waals surface area (Å²) in [6.07, 6.45) is 1.08. The van der Waals surface area contributed by atoms with E-state index in [9.17, 15) is 4.79 Å². The Morgan fingerprint density at radius 2 is 1.61 bits per heavy atom. The monoisotopic (exact) mass is 251 g/mol. The molecule has 0 atom stereocenters. The van der Waals surface area contributed by atoms with Crippen LogP contribution in [0.1, 0.15) is 48.5 Å². The molecule has 0 fully saturated rings. The SMILES string of the molecule is CC.CC(C)Cc1ccc(NC(=O)C(C)C)cc1.[HH]. The van der Waals surface area contributed by atoms with Gasteiger partial charge in [0, 0.05) is 13.0 Å². The van der Waals surface area contributed by atoms with E-state index in [2.05, 4.69) is 31.3 Å². The Balaban J connectivity index is 0. The van der Waals surface area contributed by atoms with Crippen LogP contribution in [0, 0.1) is 11.8 Å². The molecular weight excluding hydrogens is 222 g/mol. The summed E-state index contributed by atoms with van der Waals surface area (Å²) in [5.41, 5.74) is 2.20. The maximum absolute atomic E-state index is 11.5. The van der Waals surface area contributed by atoms with Crippen molar-refractivity contribution < 1.29 is 6.22 Å². The number of rotatable bonds is 4. The lowest BCUT2D eigenvalue weighted by molar-refractivity contribution is -0.118. The molecule has 0 heterocycles. The van der Waals surface area contributed by atoms with Gasteiger partial charge in [-0.25, -0.2) is 0 Å². The van der Waals surface area contributed by atoms with E-state index in [0.717, 1.165) is 12.1 Å². The van der Waals surface area contributed by atoms with Gasteiger partial charge >= 0.3 is 0 Å². The highest BCUT2D eigenvalue weighted by Gasteiger charge is 2.06. The summed E-state index contributed by atoms with van der Waals surface area (Å²) in [5, 5.41) is 2.88. The molecule has 0 saturated carbocycles. The third kappa shape index (κ3) is 6.43. The molecule has 0 unspecified atom stereocenters. The van der Waals surface area contributed by atoms with Gasteiger partial charge in [-0.3, -0.25) is 4.79 Å². The van der Waals surface area contributed by atoms with Gasteiger partial charge in [-0.15, -0.1) is 0 Å². The van der Waals surface area contributed by atoms with Crippen LogP contribution in [0.5, 0.6) is 0 Å². The zero-order chi connectivity index (χ0) is 14.1. The predicted octanol–water partition coefficient (Wildman–Crippen LogP) is 4.75. The Morgan fingerprint density at radius 1 is 1.11 bits per heavy atom. The summed E-state index contributed by atoms with van der Waals surface area (Å²) >= 11 is 0. The van der Waals surface area contributed by atoms with Gasteiger partial charge in [0.25, 0.3) is 0 Å². The van der Waals surface area contributed by atoms with E-state index in [1.807, 2.05) is 39.8 Å². The lowest BCUT2D eigenvalue weighted by atomic mass is 10.0. The standard InChI is InChI=1S/C14H21NO.C2H6.H2/c1-10(2)9-12-5-7-13(8-6-12)15-14(16)11(3)4;1-2;/h5-8,10-11H,9H2,1-4H3,(H,15,16);1-2H3;1H. The van der Waals surface area contributed by atoms with E-state index >= 15 is 0 Å². The van der Waals surface area contributed by atoms with Crippen LogP contribution in [0.3, 0.4) is 0 Å². The topological polar surface area (TPSA) is 29.1 Å². The first kappa shape index (κ1) is 16.7. The molecule has 18 heavy (non-hydrogen) atoms. The molecule has 0 saturated heterocycles. The van der Waals surface area contributed by atoms with Crippen molar-refractivity contribution >= 4 is 11.6 Å². The highest BCUT2D eigenvalue weighted by Crippen LogP contribution is 2.13. The summed E-state index contributed by atoms with van der Waals surface area (Å²) in [5.74, 6) is 0.753. The minimum Gasteiger partial charge on any atom is -0.326 e. The average Bonchev–Trinajstić information content (AvgIpc) is 2.33. The summed E-state index contributed by atoms with van der Waals surface area (Å²) < 4.78 is 0. The highest BCUT2D eigenvalue weighted by molar-refractivity contribution is 5.91. The van der Waals surface area contributed by atoms with Crippen molar-refractivity contribution in [2.75, 3.05) is 5.32 Å². The van der Waals surface area contributed by atoms with Gasteiger partial charge in [0.2, 0.25) is 5.91 Å². The third-order valence-corrected chi connectivity index (χ3v) is 2.39. The zero-order valence-corrected chi connectivity index (χ0v) is 12.6. The van der Waals surface area contributed by atoms with Crippen molar-refractivity contribution in [3.8, 4) is 0 Å². The molecule has 0 bridgehead atoms. The van der Waals surface area contributed by atoms with Crippen molar-refractivity contribution in [3.63, 3.8) is 0 Å². The summed E-state index contributed by atoms with van der Waals surface area (Å²) in [6, 6.07) is 8.10. The second kappa shape index (κ2) is 8.73. The van der Waals surface area contributed by atoms with E-state index in [0.29, 0.717) is 5.92 Å². The van der Waals surface area contributed by atoms with E-state index in [-0.39, 0.29) is 13.3 Å². The van der Waals surface area contributed by atoms with E-state index < -0.39 is 0 Å². The van der Waals surface area contributed by atoms with Crippen LogP contribution in [0.25, 0.3) is 0 Å². The number of nitrogens with one attached hydrogen (secondary N) is 1. The minimum absolute atomic E-state index is 0. The smallest absolute Gasteiger partial charge is 0.226 e. The number of amides is 1. The molecular formula is C16H29NO. The van der Waals surface area contributed by atoms with Gasteiger partial charge < -0.3 is 5.32 Å². The molecule has 2 heteroatoms. The number of anilines is 1. The second-order valence-electron chi connectivity index (χ2n) is 4.94. The molecule has 0 aliphatic heterocycles. The van der Waals surface area contributed by atoms with Gasteiger partial charge in [-0.1, -0.05) is 53.7 Å². The maximum atomic E-state index is 11.5. The van der Waals surface area contributed by atoms with Crippen molar-refractivity contribution in [2.24, 2.45) is 11.8 Å². The van der Waals surface area contributed by atoms with Crippen molar-refractivity contribution in [1.29, 1.82) is 0 Å². The number of carbonyl (C=O) groups excluding carboxylic acids is 1. The Morgan fingerprint density at radius 3 is 2.00 bits per heavy atom. The van der Waals surface area contributed by atoms with Gasteiger partial charge in [-0.05, 0) is 30.0 Å². The fourth-order valence-corrected chi connectivity index (χ4v) is 1.48. The quantitative estimate of drug-likeness (QED) is 0.822. The van der Waals surface area contributed by atoms with Crippen LogP contribution in [0.4, 0.5) is 5.69 Å². The van der Waals surface area contributed by atoms with Crippen LogP contribution >= 0.6 is 0 Å². The van der Waals surface area contributed by atoms with Crippen LogP contribution < -0.4 is 5.32 Å². The van der Waals surface area contributed by atoms with Gasteiger partial charge in [-0.2, -0.15) is 0 Å². The Hall–Kier alpha value is -1.31. The maximum Gasteiger partial charge on any atom is 0.226 e. The van der Waals surface area contributed by atoms with E-state index in [4.69, 9.17) is 0 Å². The van der Waals surface area contributed by atoms with Crippen LogP contribution in [-0.4, -0.2) is 5.91 Å². The first-order valence-electron chi connectivity index (χ1n) is 6.89. The molecule has 2 nitrogen and oxygen atoms in total. The van der Waals surface area contributed by atoms with Gasteiger partial charge in [0.15, 0.2) is 0 Å². The fraction of sp³-hybridized carbons (Fsp3) is 0.562. The third-order valence-electron chi connectivity index (χ3n) is 2.39. The highest BCUT2D eigenvalue weighted by atomic mass is 16.1. The Bertz CT molecular complexity index is 344. The van der Waals surface area contributed by atoms with E-state index in [1.165, 1.54) is 5.56 Å². The fourth-order valence-electron chi connectivity index (χ4n) is 1.48. The molecule has 0 radical (unpaired) electrons. The van der Waals surface area contributed by atoms with Gasteiger partial charge in [0.05, 0.1) is 0 Å². The molecule has 1 amide bonds. The van der Waals surface area contributed by atoms with Crippen molar-refractivity contribution in [2.45, 2.75) is 48.0 Å². The largest absolute Gasteiger partial charge is 0.326 e. The molecule has 1 N–H and O–H groups in total. The number of carbonyl (C=O) groups is 1. The number of hydrogen-bond acceptors (Lipinski definition) is 1. The molecule has 1 aromatic carbocycles. The van der Waals surface area contributed by atoms with Crippen molar-refractivity contribution in [3.05, 3.63) is 29.8 Å². The summed E-state index contributed by atoms with van der Waals surface area (Å²) in [4.78, 5) is 11.5. The first-order valence-corrected chi connectivity index (χ1v) is 6.89. The molecule has 1 aromatic rings. The lowest BCUT2D eigenvalue weighted by Crippen LogP contribution is -2.17. The number of hydrogen-bond donors (Lipinski definition) is 1. The second-order valence-corrected chi connectivity index (χ2v) is 4.94. The Kier molecular flexibility index (Phi) is 8.10.